The van der Waals surface area contributed by atoms with Crippen molar-refractivity contribution in [3.8, 4) is 0 Å². The molecular formula is C14H19ClN4O. The van der Waals surface area contributed by atoms with E-state index in [1.165, 1.54) is 19.4 Å². The van der Waals surface area contributed by atoms with Crippen LogP contribution in [0.5, 0.6) is 0 Å². The largest absolute Gasteiger partial charge is 0.422 e. The molecule has 0 spiro atoms. The van der Waals surface area contributed by atoms with Gasteiger partial charge in [-0.1, -0.05) is 18.5 Å². The zero-order valence-electron chi connectivity index (χ0n) is 11.6. The molecule has 0 saturated carbocycles. The first kappa shape index (κ1) is 13.6. The Bertz CT molecular complexity index is 584. The van der Waals surface area contributed by atoms with Crippen LogP contribution in [0.1, 0.15) is 26.2 Å². The number of hydrogen-bond donors (Lipinski definition) is 1. The third-order valence-electron chi connectivity index (χ3n) is 3.59. The number of piperidine rings is 1. The number of oxazole rings is 1. The average molecular weight is 295 g/mol. The summed E-state index contributed by atoms with van der Waals surface area (Å²) in [4.78, 5) is 11.0. The predicted molar refractivity (Wildman–Crippen MR) is 80.2 cm³/mol. The molecule has 0 aliphatic carbocycles. The molecule has 6 heteroatoms. The van der Waals surface area contributed by atoms with Crippen LogP contribution in [0, 0.1) is 0 Å². The summed E-state index contributed by atoms with van der Waals surface area (Å²) in [5.74, 6) is 0. The van der Waals surface area contributed by atoms with Gasteiger partial charge in [0.25, 0.3) is 6.01 Å². The molecule has 0 unspecified atom stereocenters. The Morgan fingerprint density at radius 1 is 1.45 bits per heavy atom. The Labute approximate surface area is 123 Å². The summed E-state index contributed by atoms with van der Waals surface area (Å²) in [6.07, 6.45) is 3.55. The summed E-state index contributed by atoms with van der Waals surface area (Å²) in [7, 11) is 0. The second-order valence-electron chi connectivity index (χ2n) is 5.26. The van der Waals surface area contributed by atoms with Crippen molar-refractivity contribution >= 4 is 28.8 Å². The van der Waals surface area contributed by atoms with Crippen LogP contribution < -0.4 is 5.32 Å². The van der Waals surface area contributed by atoms with Gasteiger partial charge in [0, 0.05) is 12.6 Å². The fourth-order valence-electron chi connectivity index (χ4n) is 2.72. The van der Waals surface area contributed by atoms with E-state index >= 15 is 0 Å². The summed E-state index contributed by atoms with van der Waals surface area (Å²) in [6.45, 7) is 5.60. The fraction of sp³-hybridized carbons (Fsp3) is 0.571. The van der Waals surface area contributed by atoms with Gasteiger partial charge < -0.3 is 14.6 Å². The highest BCUT2D eigenvalue weighted by atomic mass is 35.5. The monoisotopic (exact) mass is 294 g/mol. The quantitative estimate of drug-likeness (QED) is 0.878. The van der Waals surface area contributed by atoms with Gasteiger partial charge in [0.1, 0.15) is 5.15 Å². The highest BCUT2D eigenvalue weighted by Gasteiger charge is 2.20. The van der Waals surface area contributed by atoms with Crippen LogP contribution in [0.2, 0.25) is 5.15 Å². The lowest BCUT2D eigenvalue weighted by molar-refractivity contribution is 0.215. The predicted octanol–water partition coefficient (Wildman–Crippen LogP) is 3.16. The molecule has 1 N–H and O–H groups in total. The molecule has 0 aromatic carbocycles. The number of anilines is 1. The molecule has 2 aromatic rings. The molecule has 5 nitrogen and oxygen atoms in total. The van der Waals surface area contributed by atoms with E-state index < -0.39 is 0 Å². The molecule has 20 heavy (non-hydrogen) atoms. The molecule has 0 bridgehead atoms. The minimum absolute atomic E-state index is 0.388. The first-order chi connectivity index (χ1) is 9.74. The normalized spacial score (nSPS) is 20.4. The Hall–Kier alpha value is -1.33. The smallest absolute Gasteiger partial charge is 0.297 e. The van der Waals surface area contributed by atoms with Gasteiger partial charge in [0.15, 0.2) is 5.58 Å². The van der Waals surface area contributed by atoms with Gasteiger partial charge in [-0.05, 0) is 44.5 Å². The Balaban J connectivity index is 1.69. The van der Waals surface area contributed by atoms with Crippen molar-refractivity contribution in [3.63, 3.8) is 0 Å². The SMILES string of the molecule is CCCN1CCC[C@@H](Nc2nc3nc(Cl)ccc3o2)C1. The number of hydrogen-bond acceptors (Lipinski definition) is 5. The Kier molecular flexibility index (Phi) is 4.08. The van der Waals surface area contributed by atoms with Crippen LogP contribution in [0.25, 0.3) is 11.2 Å². The maximum Gasteiger partial charge on any atom is 0.297 e. The molecule has 1 saturated heterocycles. The highest BCUT2D eigenvalue weighted by molar-refractivity contribution is 6.29. The van der Waals surface area contributed by atoms with Crippen molar-refractivity contribution in [2.75, 3.05) is 25.0 Å². The number of fused-ring (bicyclic) bond motifs is 1. The summed E-state index contributed by atoms with van der Waals surface area (Å²) >= 11 is 5.85. The number of likely N-dealkylation sites (tertiary alicyclic amines) is 1. The zero-order chi connectivity index (χ0) is 13.9. The number of rotatable bonds is 4. The van der Waals surface area contributed by atoms with E-state index in [-0.39, 0.29) is 0 Å². The Morgan fingerprint density at radius 3 is 3.20 bits per heavy atom. The summed E-state index contributed by atoms with van der Waals surface area (Å²) in [5, 5.41) is 3.81. The molecule has 3 rings (SSSR count). The minimum Gasteiger partial charge on any atom is -0.422 e. The molecule has 1 fully saturated rings. The van der Waals surface area contributed by atoms with Crippen molar-refractivity contribution in [1.29, 1.82) is 0 Å². The van der Waals surface area contributed by atoms with Crippen molar-refractivity contribution in [2.24, 2.45) is 0 Å². The van der Waals surface area contributed by atoms with Crippen LogP contribution in [0.4, 0.5) is 6.01 Å². The number of nitrogens with one attached hydrogen (secondary N) is 1. The summed E-state index contributed by atoms with van der Waals surface area (Å²) in [6, 6.07) is 4.44. The lowest BCUT2D eigenvalue weighted by atomic mass is 10.1. The van der Waals surface area contributed by atoms with Gasteiger partial charge >= 0.3 is 0 Å². The van der Waals surface area contributed by atoms with Crippen LogP contribution in [-0.2, 0) is 0 Å². The van der Waals surface area contributed by atoms with Gasteiger partial charge in [-0.2, -0.15) is 4.98 Å². The van der Waals surface area contributed by atoms with Crippen LogP contribution in [-0.4, -0.2) is 40.5 Å². The third-order valence-corrected chi connectivity index (χ3v) is 3.80. The molecule has 0 radical (unpaired) electrons. The molecule has 1 atom stereocenters. The van der Waals surface area contributed by atoms with E-state index in [1.807, 2.05) is 0 Å². The number of pyridine rings is 1. The third kappa shape index (κ3) is 3.04. The molecule has 2 aromatic heterocycles. The van der Waals surface area contributed by atoms with E-state index in [2.05, 4.69) is 27.1 Å². The van der Waals surface area contributed by atoms with Crippen LogP contribution in [0.3, 0.4) is 0 Å². The number of aromatic nitrogens is 2. The lowest BCUT2D eigenvalue weighted by Gasteiger charge is -2.32. The van der Waals surface area contributed by atoms with Crippen LogP contribution >= 0.6 is 11.6 Å². The van der Waals surface area contributed by atoms with Crippen LogP contribution in [0.15, 0.2) is 16.5 Å². The summed E-state index contributed by atoms with van der Waals surface area (Å²) < 4.78 is 5.66. The van der Waals surface area contributed by atoms with Gasteiger partial charge in [-0.15, -0.1) is 0 Å². The number of halogens is 1. The first-order valence-electron chi connectivity index (χ1n) is 7.16. The topological polar surface area (TPSA) is 54.2 Å². The fourth-order valence-corrected chi connectivity index (χ4v) is 2.87. The average Bonchev–Trinajstić information content (AvgIpc) is 2.81. The Morgan fingerprint density at radius 2 is 2.35 bits per heavy atom. The standard InChI is InChI=1S/C14H19ClN4O/c1-2-7-19-8-3-4-10(9-19)16-14-18-13-11(20-14)5-6-12(15)17-13/h5-6,10H,2-4,7-9H2,1H3,(H,16,17,18)/t10-/m1/s1. The van der Waals surface area contributed by atoms with E-state index in [4.69, 9.17) is 16.0 Å². The van der Waals surface area contributed by atoms with E-state index in [1.54, 1.807) is 12.1 Å². The molecular weight excluding hydrogens is 276 g/mol. The number of nitrogens with zero attached hydrogens (tertiary/aromatic N) is 3. The molecule has 1 aliphatic heterocycles. The molecule has 3 heterocycles. The summed E-state index contributed by atoms with van der Waals surface area (Å²) in [5.41, 5.74) is 1.22. The van der Waals surface area contributed by atoms with Gasteiger partial charge in [0.2, 0.25) is 5.65 Å². The second-order valence-corrected chi connectivity index (χ2v) is 5.65. The van der Waals surface area contributed by atoms with Crippen molar-refractivity contribution in [1.82, 2.24) is 14.9 Å². The minimum atomic E-state index is 0.388. The van der Waals surface area contributed by atoms with Crippen molar-refractivity contribution in [3.05, 3.63) is 17.3 Å². The molecule has 108 valence electrons. The molecule has 1 aliphatic rings. The van der Waals surface area contributed by atoms with Gasteiger partial charge in [-0.25, -0.2) is 4.98 Å². The highest BCUT2D eigenvalue weighted by Crippen LogP contribution is 2.21. The van der Waals surface area contributed by atoms with Gasteiger partial charge in [0.05, 0.1) is 0 Å². The second kappa shape index (κ2) is 5.97. The molecule has 0 amide bonds. The maximum absolute atomic E-state index is 5.85. The zero-order valence-corrected chi connectivity index (χ0v) is 12.4. The van der Waals surface area contributed by atoms with Crippen molar-refractivity contribution in [2.45, 2.75) is 32.2 Å². The van der Waals surface area contributed by atoms with E-state index in [9.17, 15) is 0 Å². The van der Waals surface area contributed by atoms with E-state index in [0.717, 1.165) is 19.5 Å². The van der Waals surface area contributed by atoms with Gasteiger partial charge in [-0.3, -0.25) is 0 Å². The van der Waals surface area contributed by atoms with E-state index in [0.29, 0.717) is 28.4 Å². The van der Waals surface area contributed by atoms with Crippen molar-refractivity contribution < 1.29 is 4.42 Å². The first-order valence-corrected chi connectivity index (χ1v) is 7.54. The lowest BCUT2D eigenvalue weighted by Crippen LogP contribution is -2.42. The maximum atomic E-state index is 5.85.